The first-order valence-electron chi connectivity index (χ1n) is 18.1. The molecule has 2 rings (SSSR count). The predicted molar refractivity (Wildman–Crippen MR) is 190 cm³/mol. The average Bonchev–Trinajstić information content (AvgIpc) is 3.08. The summed E-state index contributed by atoms with van der Waals surface area (Å²) in [6.45, 7) is 11.5. The second-order valence-electron chi connectivity index (χ2n) is 13.8. The number of nitrogens with zero attached hydrogens (tertiary/aromatic N) is 1. The Hall–Kier alpha value is -4.56. The van der Waals surface area contributed by atoms with Gasteiger partial charge < -0.3 is 36.6 Å². The van der Waals surface area contributed by atoms with Gasteiger partial charge in [0, 0.05) is 6.54 Å². The van der Waals surface area contributed by atoms with Gasteiger partial charge in [-0.3, -0.25) is 28.8 Å². The molecule has 1 unspecified atom stereocenters. The summed E-state index contributed by atoms with van der Waals surface area (Å²) in [4.78, 5) is 97.3. The normalized spacial score (nSPS) is 23.6. The van der Waals surface area contributed by atoms with Crippen LogP contribution < -0.4 is 31.9 Å². The van der Waals surface area contributed by atoms with Gasteiger partial charge >= 0.3 is 5.97 Å². The highest BCUT2D eigenvalue weighted by atomic mass is 16.5. The van der Waals surface area contributed by atoms with Gasteiger partial charge in [0.15, 0.2) is 0 Å². The lowest BCUT2D eigenvalue weighted by molar-refractivity contribution is -0.145. The van der Waals surface area contributed by atoms with Crippen LogP contribution in [0.4, 0.5) is 0 Å². The van der Waals surface area contributed by atoms with E-state index in [9.17, 15) is 33.6 Å². The van der Waals surface area contributed by atoms with Crippen molar-refractivity contribution in [1.29, 1.82) is 0 Å². The molecule has 0 aliphatic carbocycles. The third-order valence-electron chi connectivity index (χ3n) is 8.31. The van der Waals surface area contributed by atoms with Crippen LogP contribution in [-0.4, -0.2) is 90.3 Å². The molecule has 0 radical (unpaired) electrons. The zero-order valence-corrected chi connectivity index (χ0v) is 31.1. The first-order valence-corrected chi connectivity index (χ1v) is 18.1. The number of esters is 1. The van der Waals surface area contributed by atoms with Gasteiger partial charge in [-0.25, -0.2) is 9.78 Å². The number of hydrogen-bond donors (Lipinski definition) is 6. The highest BCUT2D eigenvalue weighted by Gasteiger charge is 2.31. The molecule has 5 atom stereocenters. The van der Waals surface area contributed by atoms with E-state index in [0.717, 1.165) is 0 Å². The highest BCUT2D eigenvalue weighted by molar-refractivity contribution is 6.00. The van der Waals surface area contributed by atoms with E-state index in [4.69, 9.17) is 4.74 Å². The molecule has 1 aromatic rings. The molecule has 0 fully saturated rings. The topological polar surface area (TPSA) is 214 Å². The smallest absolute Gasteiger partial charge is 0.328 e. The summed E-state index contributed by atoms with van der Waals surface area (Å²) in [6.07, 6.45) is 3.42. The fourth-order valence-electron chi connectivity index (χ4n) is 5.69. The zero-order valence-electron chi connectivity index (χ0n) is 31.1. The largest absolute Gasteiger partial charge is 0.467 e. The molecule has 0 aromatic carbocycles. The fourth-order valence-corrected chi connectivity index (χ4v) is 5.69. The second-order valence-corrected chi connectivity index (χ2v) is 13.8. The minimum Gasteiger partial charge on any atom is -0.467 e. The van der Waals surface area contributed by atoms with Crippen LogP contribution in [-0.2, 0) is 28.7 Å². The van der Waals surface area contributed by atoms with Crippen LogP contribution >= 0.6 is 0 Å². The summed E-state index contributed by atoms with van der Waals surface area (Å²) in [5.74, 6) is -4.16. The van der Waals surface area contributed by atoms with E-state index in [1.165, 1.54) is 25.3 Å². The van der Waals surface area contributed by atoms with Crippen molar-refractivity contribution >= 4 is 41.4 Å². The average molecular weight is 716 g/mol. The van der Waals surface area contributed by atoms with Crippen LogP contribution in [0, 0.1) is 11.8 Å². The molecule has 6 amide bonds. The molecule has 0 saturated heterocycles. The maximum absolute atomic E-state index is 13.6. The lowest BCUT2D eigenvalue weighted by Gasteiger charge is -2.26. The number of hydrogen-bond acceptors (Lipinski definition) is 9. The van der Waals surface area contributed by atoms with E-state index in [1.54, 1.807) is 0 Å². The number of rotatable bonds is 9. The van der Waals surface area contributed by atoms with E-state index in [1.807, 2.05) is 41.5 Å². The van der Waals surface area contributed by atoms with Gasteiger partial charge in [0.1, 0.15) is 41.6 Å². The Kier molecular flexibility index (Phi) is 18.1. The lowest BCUT2D eigenvalue weighted by atomic mass is 10.0. The third-order valence-corrected chi connectivity index (χ3v) is 8.31. The Bertz CT molecular complexity index is 1370. The zero-order chi connectivity index (χ0) is 38.1. The SMILES string of the molecule is CCC[C@@H]1NC(=O)C(CC(C)C)NC(=O)c2cccc(n2)C(=O)N[C@@H](CC(C)C)C(=O)N[C@@H](CCC)C(=O)NCCCC[C@@H](C(=O)OC)NC1=O. The Morgan fingerprint density at radius 1 is 0.706 bits per heavy atom. The summed E-state index contributed by atoms with van der Waals surface area (Å²) in [7, 11) is 1.22. The van der Waals surface area contributed by atoms with Crippen molar-refractivity contribution in [1.82, 2.24) is 36.9 Å². The van der Waals surface area contributed by atoms with Crippen molar-refractivity contribution < 1.29 is 38.3 Å². The van der Waals surface area contributed by atoms with Crippen LogP contribution in [0.1, 0.15) is 120 Å². The van der Waals surface area contributed by atoms with Crippen molar-refractivity contribution in [3.63, 3.8) is 0 Å². The molecule has 15 nitrogen and oxygen atoms in total. The third kappa shape index (κ3) is 14.3. The number of amides is 6. The molecular weight excluding hydrogens is 658 g/mol. The minimum atomic E-state index is -1.05. The maximum atomic E-state index is 13.6. The maximum Gasteiger partial charge on any atom is 0.328 e. The van der Waals surface area contributed by atoms with E-state index in [2.05, 4.69) is 36.9 Å². The van der Waals surface area contributed by atoms with E-state index in [-0.39, 0.29) is 61.4 Å². The van der Waals surface area contributed by atoms with E-state index in [0.29, 0.717) is 32.1 Å². The molecule has 1 aromatic heterocycles. The van der Waals surface area contributed by atoms with Crippen molar-refractivity contribution in [3.05, 3.63) is 29.6 Å². The van der Waals surface area contributed by atoms with Crippen molar-refractivity contribution in [3.8, 4) is 0 Å². The molecule has 1 aliphatic rings. The molecule has 284 valence electrons. The predicted octanol–water partition coefficient (Wildman–Crippen LogP) is 1.90. The molecule has 0 spiro atoms. The number of methoxy groups -OCH3 is 1. The summed E-state index contributed by atoms with van der Waals surface area (Å²) in [5, 5.41) is 16.5. The summed E-state index contributed by atoms with van der Waals surface area (Å²) < 4.78 is 4.92. The minimum absolute atomic E-state index is 0.0102. The molecular formula is C36H57N7O8. The quantitative estimate of drug-likeness (QED) is 0.206. The van der Waals surface area contributed by atoms with Crippen LogP contribution in [0.2, 0.25) is 0 Å². The van der Waals surface area contributed by atoms with Crippen molar-refractivity contribution in [2.45, 2.75) is 130 Å². The molecule has 1 aliphatic heterocycles. The Morgan fingerprint density at radius 2 is 1.18 bits per heavy atom. The number of nitrogens with one attached hydrogen (secondary N) is 6. The van der Waals surface area contributed by atoms with Crippen LogP contribution in [0.25, 0.3) is 0 Å². The standard InChI is InChI=1S/C36H57N7O8/c1-8-13-23-30(44)37-18-11-10-15-27(36(50)51-7)41-31(45)24(14-9-2)40-35(49)29(20-22(5)6)43-33(47)26-17-12-16-25(38-26)32(46)42-28(19-21(3)4)34(48)39-23/h12,16-17,21-24,27-29H,8-11,13-15,18-20H2,1-7H3,(H,37,44)(H,39,48)(H,40,49)(H,41,45)(H,42,46)(H,43,47)/t23-,24-,27-,28-,29?/m0/s1. The molecule has 2 heterocycles. The fraction of sp³-hybridized carbons (Fsp3) is 0.667. The second kappa shape index (κ2) is 21.6. The van der Waals surface area contributed by atoms with E-state index < -0.39 is 65.7 Å². The highest BCUT2D eigenvalue weighted by Crippen LogP contribution is 2.12. The molecule has 51 heavy (non-hydrogen) atoms. The summed E-state index contributed by atoms with van der Waals surface area (Å²) in [6, 6.07) is -0.612. The number of ether oxygens (including phenoxy) is 1. The van der Waals surface area contributed by atoms with Gasteiger partial charge in [0.25, 0.3) is 11.8 Å². The molecule has 0 saturated carbocycles. The number of carbonyl (C=O) groups is 7. The number of pyridine rings is 1. The van der Waals surface area contributed by atoms with Gasteiger partial charge in [0.2, 0.25) is 23.6 Å². The van der Waals surface area contributed by atoms with Crippen LogP contribution in [0.3, 0.4) is 0 Å². The number of carbonyl (C=O) groups excluding carboxylic acids is 7. The van der Waals surface area contributed by atoms with Crippen LogP contribution in [0.5, 0.6) is 0 Å². The monoisotopic (exact) mass is 715 g/mol. The van der Waals surface area contributed by atoms with Gasteiger partial charge in [-0.05, 0) is 68.9 Å². The van der Waals surface area contributed by atoms with Crippen molar-refractivity contribution in [2.75, 3.05) is 13.7 Å². The van der Waals surface area contributed by atoms with Gasteiger partial charge in [-0.1, -0.05) is 60.5 Å². The lowest BCUT2D eigenvalue weighted by Crippen LogP contribution is -2.56. The Balaban J connectivity index is 2.51. The van der Waals surface area contributed by atoms with E-state index >= 15 is 0 Å². The Labute approximate surface area is 301 Å². The van der Waals surface area contributed by atoms with Crippen molar-refractivity contribution in [2.24, 2.45) is 11.8 Å². The first kappa shape index (κ1) is 42.6. The molecule has 2 bridgehead atoms. The molecule has 15 heteroatoms. The van der Waals surface area contributed by atoms with Gasteiger partial charge in [0.05, 0.1) is 7.11 Å². The first-order chi connectivity index (χ1) is 24.2. The summed E-state index contributed by atoms with van der Waals surface area (Å²) in [5.41, 5.74) is -0.252. The number of fused-ring (bicyclic) bond motifs is 2. The Morgan fingerprint density at radius 3 is 1.63 bits per heavy atom. The van der Waals surface area contributed by atoms with Gasteiger partial charge in [-0.2, -0.15) is 0 Å². The van der Waals surface area contributed by atoms with Crippen LogP contribution in [0.15, 0.2) is 18.2 Å². The van der Waals surface area contributed by atoms with Gasteiger partial charge in [-0.15, -0.1) is 0 Å². The molecule has 6 N–H and O–H groups in total. The number of aromatic nitrogens is 1. The summed E-state index contributed by atoms with van der Waals surface area (Å²) >= 11 is 0.